The second-order valence-corrected chi connectivity index (χ2v) is 2.30. The molecular weight excluding hydrogens is 156 g/mol. The Kier molecular flexibility index (Phi) is 3.35. The van der Waals surface area contributed by atoms with Crippen molar-refractivity contribution in [2.45, 2.75) is 0 Å². The third-order valence-electron chi connectivity index (χ3n) is 1.29. The van der Waals surface area contributed by atoms with Crippen molar-refractivity contribution in [3.8, 4) is 5.75 Å². The molecule has 0 spiro atoms. The van der Waals surface area contributed by atoms with Crippen LogP contribution < -0.4 is 10.5 Å². The van der Waals surface area contributed by atoms with E-state index in [1.165, 1.54) is 0 Å². The molecule has 0 saturated heterocycles. The Labute approximate surface area is 71.3 Å². The minimum atomic E-state index is 0.516. The lowest BCUT2D eigenvalue weighted by Crippen LogP contribution is -2.04. The standard InChI is InChI=1S/C8H12N2O2/c1-11-2-3-12-8-4-7(9)5-10-6-8/h4-6H,2-3,9H2,1H3. The van der Waals surface area contributed by atoms with E-state index in [1.54, 1.807) is 25.6 Å². The van der Waals surface area contributed by atoms with Crippen molar-refractivity contribution < 1.29 is 9.47 Å². The highest BCUT2D eigenvalue weighted by atomic mass is 16.5. The Morgan fingerprint density at radius 3 is 2.92 bits per heavy atom. The van der Waals surface area contributed by atoms with E-state index >= 15 is 0 Å². The summed E-state index contributed by atoms with van der Waals surface area (Å²) in [6.07, 6.45) is 3.19. The summed E-state index contributed by atoms with van der Waals surface area (Å²) >= 11 is 0. The fraction of sp³-hybridized carbons (Fsp3) is 0.375. The van der Waals surface area contributed by atoms with Crippen molar-refractivity contribution in [1.82, 2.24) is 4.98 Å². The van der Waals surface area contributed by atoms with Gasteiger partial charge in [0.25, 0.3) is 0 Å². The molecule has 66 valence electrons. The third kappa shape index (κ3) is 2.75. The second kappa shape index (κ2) is 4.56. The van der Waals surface area contributed by atoms with Crippen molar-refractivity contribution in [3.05, 3.63) is 18.5 Å². The lowest BCUT2D eigenvalue weighted by Gasteiger charge is -2.04. The average Bonchev–Trinajstić information content (AvgIpc) is 2.05. The Morgan fingerprint density at radius 2 is 2.25 bits per heavy atom. The maximum absolute atomic E-state index is 5.49. The third-order valence-corrected chi connectivity index (χ3v) is 1.29. The van der Waals surface area contributed by atoms with Crippen LogP contribution in [0.3, 0.4) is 0 Å². The van der Waals surface area contributed by atoms with Crippen LogP contribution in [0.2, 0.25) is 0 Å². The lowest BCUT2D eigenvalue weighted by molar-refractivity contribution is 0.146. The number of nitrogens with two attached hydrogens (primary N) is 1. The topological polar surface area (TPSA) is 57.4 Å². The number of nitrogens with zero attached hydrogens (tertiary/aromatic N) is 1. The molecular formula is C8H12N2O2. The zero-order valence-corrected chi connectivity index (χ0v) is 6.99. The summed E-state index contributed by atoms with van der Waals surface area (Å²) in [4.78, 5) is 3.87. The number of nitrogen functional groups attached to an aromatic ring is 1. The van der Waals surface area contributed by atoms with E-state index in [0.717, 1.165) is 0 Å². The van der Waals surface area contributed by atoms with E-state index in [2.05, 4.69) is 4.98 Å². The highest BCUT2D eigenvalue weighted by molar-refractivity contribution is 5.39. The molecule has 1 rings (SSSR count). The molecule has 4 nitrogen and oxygen atoms in total. The first kappa shape index (κ1) is 8.80. The molecule has 0 atom stereocenters. The molecule has 0 fully saturated rings. The minimum absolute atomic E-state index is 0.516. The molecule has 1 aromatic heterocycles. The van der Waals surface area contributed by atoms with Gasteiger partial charge >= 0.3 is 0 Å². The largest absolute Gasteiger partial charge is 0.489 e. The van der Waals surface area contributed by atoms with Crippen molar-refractivity contribution >= 4 is 5.69 Å². The van der Waals surface area contributed by atoms with Crippen molar-refractivity contribution in [1.29, 1.82) is 0 Å². The number of anilines is 1. The van der Waals surface area contributed by atoms with Gasteiger partial charge in [0.2, 0.25) is 0 Å². The summed E-state index contributed by atoms with van der Waals surface area (Å²) in [6.45, 7) is 1.08. The van der Waals surface area contributed by atoms with E-state index in [-0.39, 0.29) is 0 Å². The van der Waals surface area contributed by atoms with Crippen LogP contribution in [-0.2, 0) is 4.74 Å². The molecule has 0 bridgehead atoms. The second-order valence-electron chi connectivity index (χ2n) is 2.30. The highest BCUT2D eigenvalue weighted by Crippen LogP contribution is 2.11. The van der Waals surface area contributed by atoms with Gasteiger partial charge < -0.3 is 15.2 Å². The molecule has 1 heterocycles. The first-order valence-electron chi connectivity index (χ1n) is 3.65. The van der Waals surface area contributed by atoms with Crippen molar-refractivity contribution in [2.75, 3.05) is 26.1 Å². The molecule has 0 aliphatic carbocycles. The molecule has 1 aromatic rings. The van der Waals surface area contributed by atoms with Gasteiger partial charge in [-0.05, 0) is 0 Å². The number of pyridine rings is 1. The van der Waals surface area contributed by atoms with Gasteiger partial charge in [0.15, 0.2) is 0 Å². The predicted molar refractivity (Wildman–Crippen MR) is 46.0 cm³/mol. The predicted octanol–water partition coefficient (Wildman–Crippen LogP) is 0.689. The van der Waals surface area contributed by atoms with E-state index in [0.29, 0.717) is 24.7 Å². The fourth-order valence-electron chi connectivity index (χ4n) is 0.757. The van der Waals surface area contributed by atoms with Crippen LogP contribution in [0.15, 0.2) is 18.5 Å². The quantitative estimate of drug-likeness (QED) is 0.672. The molecule has 0 aromatic carbocycles. The SMILES string of the molecule is COCCOc1cncc(N)c1. The van der Waals surface area contributed by atoms with E-state index < -0.39 is 0 Å². The molecule has 0 radical (unpaired) electrons. The Balaban J connectivity index is 2.41. The van der Waals surface area contributed by atoms with Crippen molar-refractivity contribution in [2.24, 2.45) is 0 Å². The zero-order chi connectivity index (χ0) is 8.81. The van der Waals surface area contributed by atoms with Gasteiger partial charge in [-0.1, -0.05) is 0 Å². The Bertz CT molecular complexity index is 240. The highest BCUT2D eigenvalue weighted by Gasteiger charge is 1.93. The van der Waals surface area contributed by atoms with Crippen molar-refractivity contribution in [3.63, 3.8) is 0 Å². The first-order chi connectivity index (χ1) is 5.83. The summed E-state index contributed by atoms with van der Waals surface area (Å²) in [5, 5.41) is 0. The van der Waals surface area contributed by atoms with Gasteiger partial charge in [-0.3, -0.25) is 4.98 Å². The summed E-state index contributed by atoms with van der Waals surface area (Å²) in [5.74, 6) is 0.673. The minimum Gasteiger partial charge on any atom is -0.489 e. The Morgan fingerprint density at radius 1 is 1.42 bits per heavy atom. The van der Waals surface area contributed by atoms with E-state index in [4.69, 9.17) is 15.2 Å². The van der Waals surface area contributed by atoms with Crippen LogP contribution in [0.5, 0.6) is 5.75 Å². The Hall–Kier alpha value is -1.29. The number of hydrogen-bond acceptors (Lipinski definition) is 4. The van der Waals surface area contributed by atoms with Gasteiger partial charge in [0.1, 0.15) is 12.4 Å². The summed E-state index contributed by atoms with van der Waals surface area (Å²) in [6, 6.07) is 1.72. The molecule has 0 aliphatic rings. The van der Waals surface area contributed by atoms with Gasteiger partial charge in [0, 0.05) is 13.2 Å². The van der Waals surface area contributed by atoms with Crippen LogP contribution in [0.25, 0.3) is 0 Å². The summed E-state index contributed by atoms with van der Waals surface area (Å²) in [5.41, 5.74) is 6.09. The normalized spacial score (nSPS) is 9.75. The molecule has 0 unspecified atom stereocenters. The molecule has 4 heteroatoms. The van der Waals surface area contributed by atoms with Crippen LogP contribution in [-0.4, -0.2) is 25.3 Å². The lowest BCUT2D eigenvalue weighted by atomic mass is 10.4. The molecule has 2 N–H and O–H groups in total. The van der Waals surface area contributed by atoms with Crippen LogP contribution in [0.4, 0.5) is 5.69 Å². The number of ether oxygens (including phenoxy) is 2. The summed E-state index contributed by atoms with van der Waals surface area (Å²) in [7, 11) is 1.63. The van der Waals surface area contributed by atoms with Gasteiger partial charge in [-0.25, -0.2) is 0 Å². The summed E-state index contributed by atoms with van der Waals surface area (Å²) < 4.78 is 10.1. The maximum Gasteiger partial charge on any atom is 0.139 e. The average molecular weight is 168 g/mol. The van der Waals surface area contributed by atoms with Gasteiger partial charge in [-0.15, -0.1) is 0 Å². The molecule has 12 heavy (non-hydrogen) atoms. The maximum atomic E-state index is 5.49. The van der Waals surface area contributed by atoms with Gasteiger partial charge in [0.05, 0.1) is 24.7 Å². The zero-order valence-electron chi connectivity index (χ0n) is 6.99. The van der Waals surface area contributed by atoms with Crippen LogP contribution in [0, 0.1) is 0 Å². The first-order valence-corrected chi connectivity index (χ1v) is 3.65. The van der Waals surface area contributed by atoms with E-state index in [1.807, 2.05) is 0 Å². The number of aromatic nitrogens is 1. The smallest absolute Gasteiger partial charge is 0.139 e. The van der Waals surface area contributed by atoms with Crippen LogP contribution in [0.1, 0.15) is 0 Å². The number of rotatable bonds is 4. The number of hydrogen-bond donors (Lipinski definition) is 1. The van der Waals surface area contributed by atoms with Gasteiger partial charge in [-0.2, -0.15) is 0 Å². The molecule has 0 amide bonds. The number of methoxy groups -OCH3 is 1. The fourth-order valence-corrected chi connectivity index (χ4v) is 0.757. The monoisotopic (exact) mass is 168 g/mol. The molecule has 0 saturated carbocycles. The molecule has 0 aliphatic heterocycles. The van der Waals surface area contributed by atoms with Crippen LogP contribution >= 0.6 is 0 Å². The van der Waals surface area contributed by atoms with E-state index in [9.17, 15) is 0 Å².